The van der Waals surface area contributed by atoms with E-state index in [2.05, 4.69) is 5.32 Å². The van der Waals surface area contributed by atoms with Crippen molar-refractivity contribution in [2.24, 2.45) is 0 Å². The van der Waals surface area contributed by atoms with Crippen LogP contribution in [0.4, 0.5) is 16.2 Å². The van der Waals surface area contributed by atoms with Crippen LogP contribution in [0.1, 0.15) is 12.5 Å². The van der Waals surface area contributed by atoms with Gasteiger partial charge in [-0.3, -0.25) is 5.32 Å². The van der Waals surface area contributed by atoms with Crippen LogP contribution >= 0.6 is 0 Å². The van der Waals surface area contributed by atoms with Gasteiger partial charge < -0.3 is 19.3 Å². The Kier molecular flexibility index (Phi) is 8.99. The molecule has 0 heterocycles. The molecule has 1 aromatic carbocycles. The average Bonchev–Trinajstić information content (AvgIpc) is 2.53. The number of benzene rings is 1. The molecule has 1 unspecified atom stereocenters. The molecule has 3 N–H and O–H groups in total. The molecule has 9 nitrogen and oxygen atoms in total. The van der Waals surface area contributed by atoms with Crippen molar-refractivity contribution in [2.45, 2.75) is 13.8 Å². The molecule has 0 radical (unpaired) electrons. The molecule has 0 aromatic heterocycles. The van der Waals surface area contributed by atoms with E-state index in [4.69, 9.17) is 14.4 Å². The number of likely N-dealkylation sites (N-methyl/N-ethyl adjacent to an activating group) is 1. The van der Waals surface area contributed by atoms with Gasteiger partial charge in [-0.15, -0.1) is 0 Å². The van der Waals surface area contributed by atoms with Crippen LogP contribution < -0.4 is 10.2 Å². The van der Waals surface area contributed by atoms with E-state index in [1.54, 1.807) is 19.1 Å². The number of nitrogens with one attached hydrogen (secondary N) is 1. The topological polar surface area (TPSA) is 133 Å². The van der Waals surface area contributed by atoms with Gasteiger partial charge in [0.15, 0.2) is 26.0 Å². The predicted octanol–water partition coefficient (Wildman–Crippen LogP) is 0.956. The lowest BCUT2D eigenvalue weighted by Gasteiger charge is -2.23. The fraction of sp³-hybridized carbons (Fsp3) is 0.533. The zero-order valence-electron chi connectivity index (χ0n) is 14.7. The Balaban J connectivity index is 2.60. The molecule has 0 saturated heterocycles. The quantitative estimate of drug-likeness (QED) is 0.488. The van der Waals surface area contributed by atoms with Crippen molar-refractivity contribution >= 4 is 38.4 Å². The molecule has 1 atom stereocenters. The van der Waals surface area contributed by atoms with Crippen molar-refractivity contribution in [3.05, 3.63) is 23.8 Å². The van der Waals surface area contributed by atoms with Crippen LogP contribution in [0.3, 0.4) is 0 Å². The minimum Gasteiger partial charge on any atom is -0.448 e. The van der Waals surface area contributed by atoms with Crippen LogP contribution in [-0.4, -0.2) is 65.5 Å². The number of hydrogen-bond acceptors (Lipinski definition) is 7. The first kappa shape index (κ1) is 22.4. The Morgan fingerprint density at radius 3 is 2.62 bits per heavy atom. The summed E-state index contributed by atoms with van der Waals surface area (Å²) in [5, 5.41) is 10.7. The number of aliphatic hydroxyl groups excluding tert-OH is 1. The van der Waals surface area contributed by atoms with Gasteiger partial charge in [0.05, 0.1) is 12.4 Å². The summed E-state index contributed by atoms with van der Waals surface area (Å²) in [4.78, 5) is 13.7. The third-order valence-electron chi connectivity index (χ3n) is 3.47. The zero-order chi connectivity index (χ0) is 19.7. The predicted molar refractivity (Wildman–Crippen MR) is 101 cm³/mol. The Bertz CT molecular complexity index is 738. The van der Waals surface area contributed by atoms with Crippen molar-refractivity contribution in [2.75, 3.05) is 47.4 Å². The summed E-state index contributed by atoms with van der Waals surface area (Å²) in [7, 11) is -3.76. The van der Waals surface area contributed by atoms with Gasteiger partial charge in [-0.25, -0.2) is 17.4 Å². The SMILES string of the molecule is CCN(CCO)c1ccc(NC(=O)OCCS(=O)(=O)CS(=O)O)c(C)c1. The number of amides is 1. The summed E-state index contributed by atoms with van der Waals surface area (Å²) >= 11 is -2.46. The number of aryl methyl sites for hydroxylation is 1. The number of rotatable bonds is 10. The summed E-state index contributed by atoms with van der Waals surface area (Å²) in [6.45, 7) is 4.61. The van der Waals surface area contributed by atoms with E-state index in [0.717, 1.165) is 17.8 Å². The average molecular weight is 408 g/mol. The maximum Gasteiger partial charge on any atom is 0.411 e. The van der Waals surface area contributed by atoms with Crippen LogP contribution in [0.2, 0.25) is 0 Å². The number of nitrogens with zero attached hydrogens (tertiary/aromatic N) is 1. The molecule has 11 heteroatoms. The standard InChI is InChI=1S/C15H24N2O7S2/c1-3-17(6-7-18)13-4-5-14(12(2)10-13)16-15(19)24-8-9-26(22,23)11-25(20)21/h4-5,10,18H,3,6-9,11H2,1-2H3,(H,16,19)(H,20,21). The molecule has 0 bridgehead atoms. The normalized spacial score (nSPS) is 12.5. The summed E-state index contributed by atoms with van der Waals surface area (Å²) in [6.07, 6.45) is -0.816. The van der Waals surface area contributed by atoms with E-state index < -0.39 is 44.5 Å². The monoisotopic (exact) mass is 408 g/mol. The summed E-state index contributed by atoms with van der Waals surface area (Å²) in [5.41, 5.74) is 2.19. The first-order valence-corrected chi connectivity index (χ1v) is 11.0. The fourth-order valence-electron chi connectivity index (χ4n) is 2.20. The Morgan fingerprint density at radius 2 is 2.08 bits per heavy atom. The molecule has 148 valence electrons. The lowest BCUT2D eigenvalue weighted by molar-refractivity contribution is 0.168. The number of ether oxygens (including phenoxy) is 1. The van der Waals surface area contributed by atoms with Gasteiger partial charge in [-0.1, -0.05) is 0 Å². The number of carbonyl (C=O) groups excluding carboxylic acids is 1. The summed E-state index contributed by atoms with van der Waals surface area (Å²) in [6, 6.07) is 5.34. The van der Waals surface area contributed by atoms with Gasteiger partial charge in [-0.2, -0.15) is 0 Å². The highest BCUT2D eigenvalue weighted by molar-refractivity contribution is 8.03. The van der Waals surface area contributed by atoms with Gasteiger partial charge >= 0.3 is 6.09 Å². The third-order valence-corrected chi connectivity index (χ3v) is 6.50. The molecule has 0 aliphatic carbocycles. The summed E-state index contributed by atoms with van der Waals surface area (Å²) in [5.74, 6) is -0.530. The van der Waals surface area contributed by atoms with Crippen LogP contribution in [0.5, 0.6) is 0 Å². The van der Waals surface area contributed by atoms with Crippen LogP contribution in [0.25, 0.3) is 0 Å². The molecule has 1 amide bonds. The molecular weight excluding hydrogens is 384 g/mol. The Morgan fingerprint density at radius 1 is 1.38 bits per heavy atom. The zero-order valence-corrected chi connectivity index (χ0v) is 16.3. The minimum absolute atomic E-state index is 0.0337. The lowest BCUT2D eigenvalue weighted by Crippen LogP contribution is -2.26. The first-order valence-electron chi connectivity index (χ1n) is 7.86. The highest BCUT2D eigenvalue weighted by Gasteiger charge is 2.16. The van der Waals surface area contributed by atoms with Crippen molar-refractivity contribution < 1.29 is 31.8 Å². The second-order valence-corrected chi connectivity index (χ2v) is 8.93. The van der Waals surface area contributed by atoms with Gasteiger partial charge in [0, 0.05) is 24.5 Å². The van der Waals surface area contributed by atoms with Crippen LogP contribution in [0, 0.1) is 6.92 Å². The highest BCUT2D eigenvalue weighted by atomic mass is 32.3. The van der Waals surface area contributed by atoms with E-state index in [1.165, 1.54) is 0 Å². The Labute approximate surface area is 155 Å². The smallest absolute Gasteiger partial charge is 0.411 e. The van der Waals surface area contributed by atoms with E-state index in [1.807, 2.05) is 17.9 Å². The van der Waals surface area contributed by atoms with Gasteiger partial charge in [0.25, 0.3) is 0 Å². The minimum atomic E-state index is -3.76. The number of sulfone groups is 1. The van der Waals surface area contributed by atoms with Crippen molar-refractivity contribution in [3.63, 3.8) is 0 Å². The van der Waals surface area contributed by atoms with Crippen LogP contribution in [-0.2, 0) is 25.7 Å². The molecule has 0 spiro atoms. The molecule has 0 saturated carbocycles. The molecule has 0 aliphatic rings. The van der Waals surface area contributed by atoms with E-state index >= 15 is 0 Å². The van der Waals surface area contributed by atoms with Gasteiger partial charge in [0.2, 0.25) is 0 Å². The van der Waals surface area contributed by atoms with Gasteiger partial charge in [-0.05, 0) is 37.6 Å². The second-order valence-electron chi connectivity index (χ2n) is 5.45. The third kappa shape index (κ3) is 7.68. The Hall–Kier alpha value is -1.69. The number of carbonyl (C=O) groups is 1. The molecular formula is C15H24N2O7S2. The second kappa shape index (κ2) is 10.5. The maximum atomic E-state index is 11.8. The van der Waals surface area contributed by atoms with Crippen molar-refractivity contribution in [1.29, 1.82) is 0 Å². The fourth-order valence-corrected chi connectivity index (χ4v) is 4.23. The number of anilines is 2. The first-order chi connectivity index (χ1) is 12.2. The lowest BCUT2D eigenvalue weighted by atomic mass is 10.1. The molecule has 1 rings (SSSR count). The number of hydrogen-bond donors (Lipinski definition) is 3. The van der Waals surface area contributed by atoms with Gasteiger partial charge in [0.1, 0.15) is 6.61 Å². The van der Waals surface area contributed by atoms with Crippen molar-refractivity contribution in [1.82, 2.24) is 0 Å². The molecule has 26 heavy (non-hydrogen) atoms. The molecule has 0 fully saturated rings. The largest absolute Gasteiger partial charge is 0.448 e. The maximum absolute atomic E-state index is 11.8. The highest BCUT2D eigenvalue weighted by Crippen LogP contribution is 2.22. The van der Waals surface area contributed by atoms with E-state index in [0.29, 0.717) is 12.2 Å². The number of aliphatic hydroxyl groups is 1. The molecule has 0 aliphatic heterocycles. The van der Waals surface area contributed by atoms with E-state index in [-0.39, 0.29) is 6.61 Å². The summed E-state index contributed by atoms with van der Waals surface area (Å²) < 4.78 is 46.8. The molecule has 1 aromatic rings. The van der Waals surface area contributed by atoms with E-state index in [9.17, 15) is 17.4 Å². The van der Waals surface area contributed by atoms with Crippen molar-refractivity contribution in [3.8, 4) is 0 Å². The van der Waals surface area contributed by atoms with Crippen LogP contribution in [0.15, 0.2) is 18.2 Å².